The zero-order valence-corrected chi connectivity index (χ0v) is 5.76. The van der Waals surface area contributed by atoms with Gasteiger partial charge in [0.25, 0.3) is 0 Å². The summed E-state index contributed by atoms with van der Waals surface area (Å²) < 4.78 is 0. The van der Waals surface area contributed by atoms with E-state index in [1.165, 1.54) is 0 Å². The molecule has 0 radical (unpaired) electrons. The summed E-state index contributed by atoms with van der Waals surface area (Å²) in [6.07, 6.45) is 1.61. The third-order valence-corrected chi connectivity index (χ3v) is 1.25. The summed E-state index contributed by atoms with van der Waals surface area (Å²) in [6.45, 7) is 3.73. The second-order valence-corrected chi connectivity index (χ2v) is 1.75. The first-order valence-corrected chi connectivity index (χ1v) is 2.99. The third kappa shape index (κ3) is 2.29. The smallest absolute Gasteiger partial charge is 0.161 e. The van der Waals surface area contributed by atoms with Crippen LogP contribution in [0.25, 0.3) is 0 Å². The largest absolute Gasteiger partial charge is 0.374 e. The molecule has 0 saturated carbocycles. The Morgan fingerprint density at radius 3 is 2.56 bits per heavy atom. The Kier molecular flexibility index (Phi) is 3.74. The van der Waals surface area contributed by atoms with Crippen LogP contribution in [0.4, 0.5) is 0 Å². The maximum Gasteiger partial charge on any atom is 0.161 e. The summed E-state index contributed by atoms with van der Waals surface area (Å²) in [7, 11) is 0. The Labute approximate surface area is 55.4 Å². The Balaban J connectivity index is 4.01. The lowest BCUT2D eigenvalue weighted by Crippen LogP contribution is -2.05. The van der Waals surface area contributed by atoms with E-state index in [1.54, 1.807) is 12.1 Å². The number of aliphatic hydroxyl groups excluding tert-OH is 1. The quantitative estimate of drug-likeness (QED) is 0.445. The van der Waals surface area contributed by atoms with E-state index in [-0.39, 0.29) is 0 Å². The lowest BCUT2D eigenvalue weighted by atomic mass is 10.1. The van der Waals surface area contributed by atoms with Gasteiger partial charge in [0.15, 0.2) is 6.10 Å². The van der Waals surface area contributed by atoms with E-state index in [4.69, 9.17) is 10.4 Å². The van der Waals surface area contributed by atoms with Crippen LogP contribution in [-0.2, 0) is 0 Å². The summed E-state index contributed by atoms with van der Waals surface area (Å²) in [5, 5.41) is 17.1. The minimum Gasteiger partial charge on any atom is -0.374 e. The Bertz CT molecular complexity index is 143. The molecule has 0 saturated heterocycles. The molecule has 0 rings (SSSR count). The van der Waals surface area contributed by atoms with Gasteiger partial charge in [-0.2, -0.15) is 5.26 Å². The van der Waals surface area contributed by atoms with Crippen LogP contribution in [0.15, 0.2) is 11.6 Å². The van der Waals surface area contributed by atoms with Crippen molar-refractivity contribution in [2.45, 2.75) is 26.4 Å². The van der Waals surface area contributed by atoms with E-state index in [2.05, 4.69) is 0 Å². The molecule has 0 fully saturated rings. The van der Waals surface area contributed by atoms with Crippen molar-refractivity contribution in [1.82, 2.24) is 0 Å². The van der Waals surface area contributed by atoms with Gasteiger partial charge in [-0.3, -0.25) is 0 Å². The molecule has 1 atom stereocenters. The molecular weight excluding hydrogens is 114 g/mol. The molecule has 0 aromatic heterocycles. The highest BCUT2D eigenvalue weighted by Crippen LogP contribution is 2.04. The first kappa shape index (κ1) is 8.19. The average Bonchev–Trinajstić information content (AvgIpc) is 1.90. The van der Waals surface area contributed by atoms with Crippen molar-refractivity contribution in [1.29, 1.82) is 5.26 Å². The molecule has 1 unspecified atom stereocenters. The number of hydrogen-bond acceptors (Lipinski definition) is 2. The lowest BCUT2D eigenvalue weighted by Gasteiger charge is -2.01. The maximum absolute atomic E-state index is 8.89. The number of nitriles is 1. The van der Waals surface area contributed by atoms with E-state index in [0.29, 0.717) is 0 Å². The second kappa shape index (κ2) is 4.11. The topological polar surface area (TPSA) is 44.0 Å². The van der Waals surface area contributed by atoms with Gasteiger partial charge in [-0.1, -0.05) is 13.0 Å². The van der Waals surface area contributed by atoms with Gasteiger partial charge in [0.1, 0.15) is 0 Å². The van der Waals surface area contributed by atoms with E-state index in [9.17, 15) is 0 Å². The lowest BCUT2D eigenvalue weighted by molar-refractivity contribution is 0.262. The molecule has 2 nitrogen and oxygen atoms in total. The molecule has 0 aliphatic rings. The zero-order chi connectivity index (χ0) is 7.28. The SMILES string of the molecule is C/C=C(\CC)C(O)C#N. The highest BCUT2D eigenvalue weighted by atomic mass is 16.3. The third-order valence-electron chi connectivity index (χ3n) is 1.25. The second-order valence-electron chi connectivity index (χ2n) is 1.75. The highest BCUT2D eigenvalue weighted by molar-refractivity contribution is 5.14. The molecule has 0 heterocycles. The van der Waals surface area contributed by atoms with Gasteiger partial charge in [0.05, 0.1) is 6.07 Å². The van der Waals surface area contributed by atoms with Gasteiger partial charge in [0.2, 0.25) is 0 Å². The molecule has 0 bridgehead atoms. The van der Waals surface area contributed by atoms with Crippen LogP contribution in [0, 0.1) is 11.3 Å². The number of nitrogens with zero attached hydrogens (tertiary/aromatic N) is 1. The van der Waals surface area contributed by atoms with Crippen LogP contribution in [0.2, 0.25) is 0 Å². The molecule has 0 aromatic rings. The van der Waals surface area contributed by atoms with Crippen molar-refractivity contribution in [3.05, 3.63) is 11.6 Å². The Morgan fingerprint density at radius 1 is 1.89 bits per heavy atom. The molecule has 0 amide bonds. The predicted molar refractivity (Wildman–Crippen MR) is 35.7 cm³/mol. The molecule has 50 valence electrons. The number of allylic oxidation sites excluding steroid dienone is 1. The normalized spacial score (nSPS) is 14.7. The highest BCUT2D eigenvalue weighted by Gasteiger charge is 2.03. The zero-order valence-electron chi connectivity index (χ0n) is 5.76. The van der Waals surface area contributed by atoms with Crippen molar-refractivity contribution in [2.75, 3.05) is 0 Å². The molecule has 1 N–H and O–H groups in total. The van der Waals surface area contributed by atoms with Crippen LogP contribution >= 0.6 is 0 Å². The van der Waals surface area contributed by atoms with Crippen molar-refractivity contribution < 1.29 is 5.11 Å². The standard InChI is InChI=1S/C7H11NO/c1-3-6(4-2)7(9)5-8/h3,7,9H,4H2,1-2H3/b6-3+. The molecule has 0 spiro atoms. The van der Waals surface area contributed by atoms with Gasteiger partial charge in [0, 0.05) is 0 Å². The van der Waals surface area contributed by atoms with E-state index < -0.39 is 6.10 Å². The summed E-state index contributed by atoms with van der Waals surface area (Å²) in [4.78, 5) is 0. The maximum atomic E-state index is 8.89. The van der Waals surface area contributed by atoms with Gasteiger partial charge in [-0.15, -0.1) is 0 Å². The number of aliphatic hydroxyl groups is 1. The number of hydrogen-bond donors (Lipinski definition) is 1. The first-order valence-electron chi connectivity index (χ1n) is 2.99. The van der Waals surface area contributed by atoms with Gasteiger partial charge >= 0.3 is 0 Å². The molecule has 9 heavy (non-hydrogen) atoms. The Morgan fingerprint density at radius 2 is 2.44 bits per heavy atom. The minimum absolute atomic E-state index is 0.741. The fraction of sp³-hybridized carbons (Fsp3) is 0.571. The molecule has 0 aliphatic carbocycles. The van der Waals surface area contributed by atoms with Crippen LogP contribution < -0.4 is 0 Å². The monoisotopic (exact) mass is 125 g/mol. The van der Waals surface area contributed by atoms with E-state index in [1.807, 2.05) is 13.8 Å². The van der Waals surface area contributed by atoms with Crippen molar-refractivity contribution in [3.63, 3.8) is 0 Å². The molecular formula is C7H11NO. The Hall–Kier alpha value is -0.810. The van der Waals surface area contributed by atoms with Crippen molar-refractivity contribution >= 4 is 0 Å². The van der Waals surface area contributed by atoms with Crippen molar-refractivity contribution in [2.24, 2.45) is 0 Å². The van der Waals surface area contributed by atoms with E-state index in [0.717, 1.165) is 12.0 Å². The molecule has 0 aromatic carbocycles. The predicted octanol–water partition coefficient (Wildman–Crippen LogP) is 1.23. The molecule has 2 heteroatoms. The first-order chi connectivity index (χ1) is 4.26. The summed E-state index contributed by atoms with van der Waals surface area (Å²) in [5.74, 6) is 0. The number of rotatable bonds is 2. The minimum atomic E-state index is -0.903. The van der Waals surface area contributed by atoms with Gasteiger partial charge in [-0.05, 0) is 18.9 Å². The summed E-state index contributed by atoms with van der Waals surface area (Å²) in [6, 6.07) is 1.75. The summed E-state index contributed by atoms with van der Waals surface area (Å²) in [5.41, 5.74) is 0.789. The average molecular weight is 125 g/mol. The summed E-state index contributed by atoms with van der Waals surface area (Å²) >= 11 is 0. The van der Waals surface area contributed by atoms with Crippen LogP contribution in [0.3, 0.4) is 0 Å². The molecule has 0 aliphatic heterocycles. The van der Waals surface area contributed by atoms with Crippen LogP contribution in [0.5, 0.6) is 0 Å². The van der Waals surface area contributed by atoms with Crippen LogP contribution in [-0.4, -0.2) is 11.2 Å². The fourth-order valence-corrected chi connectivity index (χ4v) is 0.638. The van der Waals surface area contributed by atoms with E-state index >= 15 is 0 Å². The fourth-order valence-electron chi connectivity index (χ4n) is 0.638. The van der Waals surface area contributed by atoms with Gasteiger partial charge in [-0.25, -0.2) is 0 Å². The van der Waals surface area contributed by atoms with Gasteiger partial charge < -0.3 is 5.11 Å². The van der Waals surface area contributed by atoms with Crippen LogP contribution in [0.1, 0.15) is 20.3 Å². The van der Waals surface area contributed by atoms with Crippen molar-refractivity contribution in [3.8, 4) is 6.07 Å².